The van der Waals surface area contributed by atoms with E-state index in [4.69, 9.17) is 14.2 Å². The first-order valence-corrected chi connectivity index (χ1v) is 12.4. The Bertz CT molecular complexity index is 1440. The maximum Gasteiger partial charge on any atom is 0.384 e. The van der Waals surface area contributed by atoms with Crippen molar-refractivity contribution in [3.63, 3.8) is 0 Å². The van der Waals surface area contributed by atoms with Crippen molar-refractivity contribution in [1.82, 2.24) is 10.3 Å². The molecule has 2 aromatic carbocycles. The van der Waals surface area contributed by atoms with Gasteiger partial charge in [0.05, 0.1) is 24.3 Å². The van der Waals surface area contributed by atoms with Crippen molar-refractivity contribution >= 4 is 28.7 Å². The zero-order valence-electron chi connectivity index (χ0n) is 21.3. The lowest BCUT2D eigenvalue weighted by Gasteiger charge is -2.32. The minimum absolute atomic E-state index is 0.0960. The Morgan fingerprint density at radius 1 is 1.11 bits per heavy atom. The summed E-state index contributed by atoms with van der Waals surface area (Å²) in [6.07, 6.45) is 1.86. The number of para-hydroxylation sites is 1. The molecule has 2 heterocycles. The molecule has 1 N–H and O–H groups in total. The number of pyridine rings is 1. The standard InChI is InChI=1S/C30H28N2O6/c1-3-30(38-19-21-10-6-5-7-11-21)17-24(20-37-29(30)35)28(34)31-18-23-16-22-12-8-9-13-25(22)32-26(23)14-15-27(33)36-4-2/h5-13,16-17H,3-4,18-20H2,1-2H3,(H,31,34). The Labute approximate surface area is 221 Å². The van der Waals surface area contributed by atoms with Gasteiger partial charge in [0, 0.05) is 23.4 Å². The van der Waals surface area contributed by atoms with Gasteiger partial charge in [0.2, 0.25) is 0 Å². The van der Waals surface area contributed by atoms with Crippen molar-refractivity contribution in [2.45, 2.75) is 39.0 Å². The molecule has 8 heteroatoms. The third-order valence-electron chi connectivity index (χ3n) is 6.07. The lowest BCUT2D eigenvalue weighted by molar-refractivity contribution is -0.170. The van der Waals surface area contributed by atoms with Crippen LogP contribution in [0, 0.1) is 11.8 Å². The predicted octanol–water partition coefficient (Wildman–Crippen LogP) is 3.61. The molecule has 1 aromatic heterocycles. The van der Waals surface area contributed by atoms with E-state index in [9.17, 15) is 14.4 Å². The number of amides is 1. The maximum absolute atomic E-state index is 13.1. The van der Waals surface area contributed by atoms with Crippen molar-refractivity contribution in [2.24, 2.45) is 0 Å². The van der Waals surface area contributed by atoms with Crippen LogP contribution in [0.5, 0.6) is 0 Å². The highest BCUT2D eigenvalue weighted by Gasteiger charge is 2.42. The van der Waals surface area contributed by atoms with Crippen molar-refractivity contribution in [2.75, 3.05) is 13.2 Å². The second kappa shape index (κ2) is 12.2. The van der Waals surface area contributed by atoms with Crippen LogP contribution in [-0.4, -0.2) is 41.6 Å². The third kappa shape index (κ3) is 6.25. The van der Waals surface area contributed by atoms with E-state index in [1.807, 2.05) is 60.7 Å². The number of hydrogen-bond donors (Lipinski definition) is 1. The number of hydrogen-bond acceptors (Lipinski definition) is 7. The van der Waals surface area contributed by atoms with Crippen LogP contribution in [0.4, 0.5) is 0 Å². The zero-order chi connectivity index (χ0) is 27.0. The van der Waals surface area contributed by atoms with E-state index >= 15 is 0 Å². The molecule has 4 rings (SSSR count). The monoisotopic (exact) mass is 512 g/mol. The molecule has 0 bridgehead atoms. The molecule has 0 saturated heterocycles. The number of cyclic esters (lactones) is 1. The number of fused-ring (bicyclic) bond motifs is 1. The van der Waals surface area contributed by atoms with E-state index in [1.165, 1.54) is 0 Å². The topological polar surface area (TPSA) is 104 Å². The van der Waals surface area contributed by atoms with Gasteiger partial charge in [0.15, 0.2) is 5.60 Å². The molecule has 1 amide bonds. The average molecular weight is 513 g/mol. The summed E-state index contributed by atoms with van der Waals surface area (Å²) >= 11 is 0. The van der Waals surface area contributed by atoms with Crippen LogP contribution in [0.2, 0.25) is 0 Å². The molecule has 0 aliphatic carbocycles. The molecular weight excluding hydrogens is 484 g/mol. The Kier molecular flexibility index (Phi) is 8.51. The van der Waals surface area contributed by atoms with Gasteiger partial charge in [-0.05, 0) is 43.0 Å². The van der Waals surface area contributed by atoms with Gasteiger partial charge in [0.25, 0.3) is 5.91 Å². The van der Waals surface area contributed by atoms with Gasteiger partial charge in [-0.3, -0.25) is 4.79 Å². The number of benzene rings is 2. The fourth-order valence-corrected chi connectivity index (χ4v) is 3.98. The summed E-state index contributed by atoms with van der Waals surface area (Å²) in [4.78, 5) is 42.1. The first kappa shape index (κ1) is 26.6. The Morgan fingerprint density at radius 3 is 2.63 bits per heavy atom. The number of nitrogens with one attached hydrogen (secondary N) is 1. The van der Waals surface area contributed by atoms with Crippen LogP contribution >= 0.6 is 0 Å². The molecular formula is C30H28N2O6. The SMILES string of the molecule is CCOC(=O)C#Cc1nc2ccccc2cc1CNC(=O)C1=CC(CC)(OCc2ccccc2)C(=O)OC1. The van der Waals surface area contributed by atoms with E-state index in [-0.39, 0.29) is 31.9 Å². The summed E-state index contributed by atoms with van der Waals surface area (Å²) in [5.41, 5.74) is 1.52. The molecule has 0 fully saturated rings. The fraction of sp³-hybridized carbons (Fsp3) is 0.267. The van der Waals surface area contributed by atoms with Gasteiger partial charge in [0.1, 0.15) is 12.3 Å². The summed E-state index contributed by atoms with van der Waals surface area (Å²) in [7, 11) is 0. The molecule has 1 atom stereocenters. The van der Waals surface area contributed by atoms with Gasteiger partial charge in [-0.15, -0.1) is 0 Å². The van der Waals surface area contributed by atoms with E-state index < -0.39 is 23.4 Å². The number of nitrogens with zero attached hydrogens (tertiary/aromatic N) is 1. The lowest BCUT2D eigenvalue weighted by Crippen LogP contribution is -2.46. The van der Waals surface area contributed by atoms with Crippen molar-refractivity contribution in [3.8, 4) is 11.8 Å². The zero-order valence-corrected chi connectivity index (χ0v) is 21.3. The van der Waals surface area contributed by atoms with Gasteiger partial charge < -0.3 is 19.5 Å². The number of aromatic nitrogens is 1. The summed E-state index contributed by atoms with van der Waals surface area (Å²) < 4.78 is 16.2. The molecule has 0 radical (unpaired) electrons. The Morgan fingerprint density at radius 2 is 1.87 bits per heavy atom. The quantitative estimate of drug-likeness (QED) is 0.363. The third-order valence-corrected chi connectivity index (χ3v) is 6.07. The first-order valence-electron chi connectivity index (χ1n) is 12.4. The van der Waals surface area contributed by atoms with Gasteiger partial charge >= 0.3 is 11.9 Å². The number of esters is 2. The van der Waals surface area contributed by atoms with Crippen LogP contribution < -0.4 is 5.32 Å². The molecule has 1 aliphatic heterocycles. The Hall–Kier alpha value is -4.48. The number of rotatable bonds is 8. The molecule has 1 aliphatic rings. The molecule has 0 spiro atoms. The van der Waals surface area contributed by atoms with Crippen LogP contribution in [0.3, 0.4) is 0 Å². The van der Waals surface area contributed by atoms with Gasteiger partial charge in [-0.25, -0.2) is 14.6 Å². The second-order valence-corrected chi connectivity index (χ2v) is 8.60. The number of ether oxygens (including phenoxy) is 3. The van der Waals surface area contributed by atoms with Crippen molar-refractivity contribution < 1.29 is 28.6 Å². The Balaban J connectivity index is 1.54. The lowest BCUT2D eigenvalue weighted by atomic mass is 9.94. The summed E-state index contributed by atoms with van der Waals surface area (Å²) in [6, 6.07) is 18.8. The van der Waals surface area contributed by atoms with Crippen molar-refractivity contribution in [3.05, 3.63) is 89.1 Å². The summed E-state index contributed by atoms with van der Waals surface area (Å²) in [5, 5.41) is 3.72. The van der Waals surface area contributed by atoms with E-state index in [1.54, 1.807) is 19.9 Å². The van der Waals surface area contributed by atoms with Crippen molar-refractivity contribution in [1.29, 1.82) is 0 Å². The van der Waals surface area contributed by atoms with Gasteiger partial charge in [-0.2, -0.15) is 0 Å². The molecule has 194 valence electrons. The summed E-state index contributed by atoms with van der Waals surface area (Å²) in [6.45, 7) is 3.85. The molecule has 8 nitrogen and oxygen atoms in total. The van der Waals surface area contributed by atoms with Crippen LogP contribution in [-0.2, 0) is 41.7 Å². The average Bonchev–Trinajstić information content (AvgIpc) is 2.95. The second-order valence-electron chi connectivity index (χ2n) is 8.60. The highest BCUT2D eigenvalue weighted by molar-refractivity contribution is 5.97. The fourth-order valence-electron chi connectivity index (χ4n) is 3.98. The maximum atomic E-state index is 13.1. The van der Waals surface area contributed by atoms with Gasteiger partial charge in [-0.1, -0.05) is 55.5 Å². The van der Waals surface area contributed by atoms with E-state index in [2.05, 4.69) is 22.1 Å². The molecule has 0 saturated carbocycles. The predicted molar refractivity (Wildman–Crippen MR) is 140 cm³/mol. The summed E-state index contributed by atoms with van der Waals surface area (Å²) in [5.74, 6) is 3.61. The molecule has 1 unspecified atom stereocenters. The molecule has 3 aromatic rings. The number of carbonyl (C=O) groups is 3. The van der Waals surface area contributed by atoms with Crippen LogP contribution in [0.15, 0.2) is 72.3 Å². The normalized spacial score (nSPS) is 16.6. The first-order chi connectivity index (χ1) is 18.4. The van der Waals surface area contributed by atoms with E-state index in [0.717, 1.165) is 10.9 Å². The minimum Gasteiger partial charge on any atom is -0.458 e. The largest absolute Gasteiger partial charge is 0.458 e. The van der Waals surface area contributed by atoms with Crippen LogP contribution in [0.1, 0.15) is 37.1 Å². The van der Waals surface area contributed by atoms with Crippen LogP contribution in [0.25, 0.3) is 10.9 Å². The highest BCUT2D eigenvalue weighted by atomic mass is 16.6. The minimum atomic E-state index is -1.36. The smallest absolute Gasteiger partial charge is 0.384 e. The number of carbonyl (C=O) groups excluding carboxylic acids is 3. The highest BCUT2D eigenvalue weighted by Crippen LogP contribution is 2.28. The molecule has 38 heavy (non-hydrogen) atoms. The van der Waals surface area contributed by atoms with E-state index in [0.29, 0.717) is 23.2 Å².